The normalized spacial score (nSPS) is 19.4. The van der Waals surface area contributed by atoms with Crippen molar-refractivity contribution in [1.82, 2.24) is 5.32 Å². The molecule has 0 amide bonds. The second kappa shape index (κ2) is 7.45. The van der Waals surface area contributed by atoms with Crippen molar-refractivity contribution in [3.05, 3.63) is 0 Å². The van der Waals surface area contributed by atoms with Gasteiger partial charge in [0, 0.05) is 31.2 Å². The number of halogens is 3. The number of alkyl halides is 3. The fraction of sp³-hybridized carbons (Fsp3) is 1.00. The Morgan fingerprint density at radius 2 is 1.74 bits per heavy atom. The van der Waals surface area contributed by atoms with Crippen LogP contribution in [-0.4, -0.2) is 42.7 Å². The smallest absolute Gasteiger partial charge is 0.389 e. The maximum atomic E-state index is 11.9. The van der Waals surface area contributed by atoms with E-state index in [1.165, 1.54) is 0 Å². The summed E-state index contributed by atoms with van der Waals surface area (Å²) in [5, 5.41) is 12.7. The van der Waals surface area contributed by atoms with Gasteiger partial charge in [0.1, 0.15) is 0 Å². The Bertz CT molecular complexity index is 257. The fourth-order valence-corrected chi connectivity index (χ4v) is 1.96. The van der Waals surface area contributed by atoms with E-state index < -0.39 is 12.6 Å². The number of hydrogen-bond acceptors (Lipinski definition) is 3. The lowest BCUT2D eigenvalue weighted by Crippen LogP contribution is -2.47. The minimum Gasteiger partial charge on any atom is -0.394 e. The molecule has 1 fully saturated rings. The number of ether oxygens (including phenoxy) is 1. The molecule has 1 unspecified atom stereocenters. The summed E-state index contributed by atoms with van der Waals surface area (Å²) in [5.41, 5.74) is -0.295. The van der Waals surface area contributed by atoms with Crippen LogP contribution in [0.25, 0.3) is 0 Å². The lowest BCUT2D eigenvalue weighted by atomic mass is 9.97. The average molecular weight is 283 g/mol. The first kappa shape index (κ1) is 16.7. The largest absolute Gasteiger partial charge is 0.394 e. The van der Waals surface area contributed by atoms with Crippen LogP contribution in [-0.2, 0) is 4.74 Å². The van der Waals surface area contributed by atoms with Gasteiger partial charge in [0.25, 0.3) is 0 Å². The minimum absolute atomic E-state index is 0.0150. The van der Waals surface area contributed by atoms with E-state index in [0.717, 1.165) is 25.7 Å². The van der Waals surface area contributed by atoms with Crippen LogP contribution in [0, 0.1) is 0 Å². The Kier molecular flexibility index (Phi) is 6.56. The average Bonchev–Trinajstić information content (AvgIpc) is 3.10. The van der Waals surface area contributed by atoms with Crippen molar-refractivity contribution in [3.63, 3.8) is 0 Å². The molecule has 0 aromatic carbocycles. The van der Waals surface area contributed by atoms with E-state index in [4.69, 9.17) is 4.74 Å². The van der Waals surface area contributed by atoms with Gasteiger partial charge in [-0.3, -0.25) is 0 Å². The molecule has 2 N–H and O–H groups in total. The molecule has 0 saturated heterocycles. The van der Waals surface area contributed by atoms with E-state index in [2.05, 4.69) is 5.32 Å². The lowest BCUT2D eigenvalue weighted by Gasteiger charge is -2.29. The van der Waals surface area contributed by atoms with Crippen LogP contribution in [0.2, 0.25) is 0 Å². The van der Waals surface area contributed by atoms with Crippen LogP contribution in [0.5, 0.6) is 0 Å². The molecule has 0 aromatic rings. The number of aliphatic hydroxyl groups excluding tert-OH is 1. The summed E-state index contributed by atoms with van der Waals surface area (Å²) in [4.78, 5) is 0. The van der Waals surface area contributed by atoms with Gasteiger partial charge in [-0.25, -0.2) is 0 Å². The molecule has 19 heavy (non-hydrogen) atoms. The van der Waals surface area contributed by atoms with Gasteiger partial charge in [0.2, 0.25) is 0 Å². The number of rotatable bonds is 10. The predicted molar refractivity (Wildman–Crippen MR) is 67.0 cm³/mol. The molecule has 1 aliphatic carbocycles. The highest BCUT2D eigenvalue weighted by Gasteiger charge is 2.31. The van der Waals surface area contributed by atoms with Gasteiger partial charge >= 0.3 is 6.18 Å². The summed E-state index contributed by atoms with van der Waals surface area (Å²) in [6.07, 6.45) is -1.05. The lowest BCUT2D eigenvalue weighted by molar-refractivity contribution is -0.137. The maximum Gasteiger partial charge on any atom is 0.389 e. The molecule has 0 aromatic heterocycles. The third kappa shape index (κ3) is 8.44. The van der Waals surface area contributed by atoms with Gasteiger partial charge < -0.3 is 15.2 Å². The Hall–Kier alpha value is -0.330. The first-order valence-corrected chi connectivity index (χ1v) is 6.88. The van der Waals surface area contributed by atoms with E-state index >= 15 is 0 Å². The predicted octanol–water partition coefficient (Wildman–Crippen LogP) is 2.63. The van der Waals surface area contributed by atoms with Crippen molar-refractivity contribution < 1.29 is 23.0 Å². The highest BCUT2D eigenvalue weighted by molar-refractivity contribution is 4.92. The summed E-state index contributed by atoms with van der Waals surface area (Å²) < 4.78 is 40.8. The van der Waals surface area contributed by atoms with Crippen molar-refractivity contribution >= 4 is 0 Å². The van der Waals surface area contributed by atoms with E-state index in [9.17, 15) is 18.3 Å². The van der Waals surface area contributed by atoms with E-state index in [1.54, 1.807) is 0 Å². The van der Waals surface area contributed by atoms with Gasteiger partial charge in [-0.15, -0.1) is 0 Å². The molecule has 0 spiro atoms. The van der Waals surface area contributed by atoms with Crippen LogP contribution in [0.4, 0.5) is 13.2 Å². The van der Waals surface area contributed by atoms with Gasteiger partial charge in [-0.2, -0.15) is 13.2 Å². The molecule has 1 aliphatic rings. The molecule has 1 rings (SSSR count). The van der Waals surface area contributed by atoms with Gasteiger partial charge in [0.05, 0.1) is 6.61 Å². The topological polar surface area (TPSA) is 41.5 Å². The molecule has 0 radical (unpaired) electrons. The summed E-state index contributed by atoms with van der Waals surface area (Å²) in [5.74, 6) is 0. The minimum atomic E-state index is -4.09. The Balaban J connectivity index is 1.99. The zero-order chi connectivity index (χ0) is 14.4. The van der Waals surface area contributed by atoms with Crippen molar-refractivity contribution in [2.24, 2.45) is 0 Å². The molecular weight excluding hydrogens is 259 g/mol. The zero-order valence-corrected chi connectivity index (χ0v) is 11.4. The summed E-state index contributed by atoms with van der Waals surface area (Å²) in [7, 11) is 0. The molecule has 3 nitrogen and oxygen atoms in total. The van der Waals surface area contributed by atoms with Gasteiger partial charge in [-0.05, 0) is 39.0 Å². The molecule has 1 saturated carbocycles. The number of hydrogen-bond donors (Lipinski definition) is 2. The van der Waals surface area contributed by atoms with Crippen molar-refractivity contribution in [2.45, 2.75) is 63.2 Å². The quantitative estimate of drug-likeness (QED) is 0.606. The fourth-order valence-electron chi connectivity index (χ4n) is 1.96. The molecule has 114 valence electrons. The van der Waals surface area contributed by atoms with Gasteiger partial charge in [-0.1, -0.05) is 0 Å². The van der Waals surface area contributed by atoms with E-state index in [1.807, 2.05) is 6.92 Å². The van der Waals surface area contributed by atoms with E-state index in [0.29, 0.717) is 12.6 Å². The highest BCUT2D eigenvalue weighted by atomic mass is 19.4. The van der Waals surface area contributed by atoms with E-state index in [-0.39, 0.29) is 25.2 Å². The third-order valence-electron chi connectivity index (χ3n) is 3.25. The summed E-state index contributed by atoms with van der Waals surface area (Å²) in [6.45, 7) is 2.62. The van der Waals surface area contributed by atoms with Gasteiger partial charge in [0.15, 0.2) is 0 Å². The molecule has 0 aliphatic heterocycles. The SMILES string of the molecule is CC(CO)(CCCOCCCC(F)(F)F)NC1CC1. The maximum absolute atomic E-state index is 11.9. The Morgan fingerprint density at radius 3 is 2.21 bits per heavy atom. The second-order valence-corrected chi connectivity index (χ2v) is 5.57. The Labute approximate surface area is 112 Å². The first-order chi connectivity index (χ1) is 8.85. The molecular formula is C13H24F3NO2. The molecule has 6 heteroatoms. The molecule has 1 atom stereocenters. The van der Waals surface area contributed by atoms with Crippen LogP contribution in [0.15, 0.2) is 0 Å². The monoisotopic (exact) mass is 283 g/mol. The third-order valence-corrected chi connectivity index (χ3v) is 3.25. The van der Waals surface area contributed by atoms with Crippen LogP contribution in [0.3, 0.4) is 0 Å². The Morgan fingerprint density at radius 1 is 1.16 bits per heavy atom. The van der Waals surface area contributed by atoms with Crippen LogP contribution >= 0.6 is 0 Å². The standard InChI is InChI=1S/C13H24F3NO2/c1-12(10-18,17-11-4-5-11)6-2-8-19-9-3-7-13(14,15)16/h11,17-18H,2-10H2,1H3. The zero-order valence-electron chi connectivity index (χ0n) is 11.4. The molecule has 0 heterocycles. The van der Waals surface area contributed by atoms with Crippen molar-refractivity contribution in [1.29, 1.82) is 0 Å². The summed E-state index contributed by atoms with van der Waals surface area (Å²) in [6, 6.07) is 0.518. The molecule has 0 bridgehead atoms. The number of aliphatic hydroxyl groups is 1. The van der Waals surface area contributed by atoms with Crippen molar-refractivity contribution in [2.75, 3.05) is 19.8 Å². The van der Waals surface area contributed by atoms with Crippen LogP contribution < -0.4 is 5.32 Å². The number of nitrogens with one attached hydrogen (secondary N) is 1. The van der Waals surface area contributed by atoms with Crippen LogP contribution in [0.1, 0.15) is 45.4 Å². The van der Waals surface area contributed by atoms with Crippen molar-refractivity contribution in [3.8, 4) is 0 Å². The highest BCUT2D eigenvalue weighted by Crippen LogP contribution is 2.24. The first-order valence-electron chi connectivity index (χ1n) is 6.88. The summed E-state index contributed by atoms with van der Waals surface area (Å²) >= 11 is 0. The second-order valence-electron chi connectivity index (χ2n) is 5.57.